The summed E-state index contributed by atoms with van der Waals surface area (Å²) in [5, 5.41) is 7.57. The second kappa shape index (κ2) is 6.88. The van der Waals surface area contributed by atoms with E-state index in [-0.39, 0.29) is 5.91 Å². The van der Waals surface area contributed by atoms with Crippen LogP contribution in [0.2, 0.25) is 0 Å². The van der Waals surface area contributed by atoms with Gasteiger partial charge in [0.2, 0.25) is 5.91 Å². The molecule has 1 aliphatic heterocycles. The molecule has 1 aliphatic rings. The van der Waals surface area contributed by atoms with Crippen LogP contribution in [0, 0.1) is 0 Å². The van der Waals surface area contributed by atoms with Gasteiger partial charge in [0.05, 0.1) is 17.9 Å². The Hall–Kier alpha value is -2.73. The number of nitrogens with one attached hydrogen (secondary N) is 1. The Labute approximate surface area is 156 Å². The normalized spacial score (nSPS) is 12.5. The molecule has 0 unspecified atom stereocenters. The van der Waals surface area contributed by atoms with Crippen LogP contribution in [0.25, 0.3) is 11.3 Å². The summed E-state index contributed by atoms with van der Waals surface area (Å²) in [7, 11) is 0. The molecule has 0 spiro atoms. The monoisotopic (exact) mass is 365 g/mol. The number of benzene rings is 2. The highest BCUT2D eigenvalue weighted by atomic mass is 32.2. The molecule has 0 aliphatic carbocycles. The number of anilines is 1. The number of hydrogen-bond acceptors (Lipinski definition) is 4. The Balaban J connectivity index is 1.64. The molecule has 0 fully saturated rings. The van der Waals surface area contributed by atoms with Gasteiger partial charge in [-0.25, -0.2) is 0 Å². The van der Waals surface area contributed by atoms with Crippen molar-refractivity contribution in [1.29, 1.82) is 0 Å². The predicted octanol–water partition coefficient (Wildman–Crippen LogP) is 4.17. The van der Waals surface area contributed by atoms with E-state index in [1.54, 1.807) is 11.8 Å². The molecule has 26 heavy (non-hydrogen) atoms. The van der Waals surface area contributed by atoms with Crippen molar-refractivity contribution in [3.63, 3.8) is 0 Å². The van der Waals surface area contributed by atoms with Gasteiger partial charge < -0.3 is 10.1 Å². The molecule has 0 radical (unpaired) electrons. The van der Waals surface area contributed by atoms with Crippen LogP contribution in [0.3, 0.4) is 0 Å². The summed E-state index contributed by atoms with van der Waals surface area (Å²) in [6.07, 6.45) is 2.07. The SMILES string of the molecule is CSc1cccc(-c2cc3n(n2)Cc2ccc(NC(C)=O)cc2OC3)c1. The largest absolute Gasteiger partial charge is 0.487 e. The summed E-state index contributed by atoms with van der Waals surface area (Å²) in [6.45, 7) is 2.59. The number of carbonyl (C=O) groups is 1. The van der Waals surface area contributed by atoms with Crippen LogP contribution in [0.15, 0.2) is 53.4 Å². The Kier molecular flexibility index (Phi) is 4.42. The topological polar surface area (TPSA) is 56.2 Å². The lowest BCUT2D eigenvalue weighted by Gasteiger charge is -2.09. The predicted molar refractivity (Wildman–Crippen MR) is 104 cm³/mol. The highest BCUT2D eigenvalue weighted by molar-refractivity contribution is 7.98. The fourth-order valence-corrected chi connectivity index (χ4v) is 3.51. The molecule has 0 saturated heterocycles. The standard InChI is InChI=1S/C20H19N3O2S/c1-13(24)21-16-7-6-15-11-23-17(12-25-20(15)9-16)10-19(22-23)14-4-3-5-18(8-14)26-2/h3-10H,11-12H2,1-2H3,(H,21,24). The van der Waals surface area contributed by atoms with E-state index < -0.39 is 0 Å². The van der Waals surface area contributed by atoms with Crippen LogP contribution >= 0.6 is 11.8 Å². The minimum Gasteiger partial charge on any atom is -0.487 e. The van der Waals surface area contributed by atoms with Gasteiger partial charge in [0.15, 0.2) is 0 Å². The molecule has 1 aromatic heterocycles. The van der Waals surface area contributed by atoms with Crippen molar-refractivity contribution in [2.75, 3.05) is 11.6 Å². The average Bonchev–Trinajstić information content (AvgIpc) is 2.96. The molecule has 0 saturated carbocycles. The molecule has 1 N–H and O–H groups in total. The molecule has 3 aromatic rings. The first kappa shape index (κ1) is 16.7. The van der Waals surface area contributed by atoms with Gasteiger partial charge in [-0.1, -0.05) is 18.2 Å². The maximum atomic E-state index is 11.2. The Morgan fingerprint density at radius 1 is 1.23 bits per heavy atom. The van der Waals surface area contributed by atoms with Gasteiger partial charge in [-0.2, -0.15) is 5.10 Å². The van der Waals surface area contributed by atoms with E-state index in [2.05, 4.69) is 41.9 Å². The lowest BCUT2D eigenvalue weighted by Crippen LogP contribution is -2.06. The molecule has 0 atom stereocenters. The van der Waals surface area contributed by atoms with Gasteiger partial charge in [0.1, 0.15) is 12.4 Å². The number of fused-ring (bicyclic) bond motifs is 2. The number of amides is 1. The highest BCUT2D eigenvalue weighted by Crippen LogP contribution is 2.30. The van der Waals surface area contributed by atoms with Crippen molar-refractivity contribution in [2.24, 2.45) is 0 Å². The van der Waals surface area contributed by atoms with E-state index in [9.17, 15) is 4.79 Å². The first-order valence-corrected chi connectivity index (χ1v) is 9.59. The number of ether oxygens (including phenoxy) is 1. The first-order valence-electron chi connectivity index (χ1n) is 8.37. The minimum absolute atomic E-state index is 0.0939. The zero-order chi connectivity index (χ0) is 18.1. The van der Waals surface area contributed by atoms with E-state index in [1.165, 1.54) is 11.8 Å². The smallest absolute Gasteiger partial charge is 0.221 e. The Morgan fingerprint density at radius 2 is 2.12 bits per heavy atom. The fraction of sp³-hybridized carbons (Fsp3) is 0.200. The summed E-state index contributed by atoms with van der Waals surface area (Å²) in [6, 6.07) is 16.2. The fourth-order valence-electron chi connectivity index (χ4n) is 3.05. The van der Waals surface area contributed by atoms with Crippen LogP contribution in [-0.2, 0) is 17.9 Å². The van der Waals surface area contributed by atoms with Gasteiger partial charge in [-0.3, -0.25) is 9.48 Å². The lowest BCUT2D eigenvalue weighted by atomic mass is 10.1. The number of carbonyl (C=O) groups excluding carboxylic acids is 1. The number of nitrogens with zero attached hydrogens (tertiary/aromatic N) is 2. The molecule has 6 heteroatoms. The highest BCUT2D eigenvalue weighted by Gasteiger charge is 2.17. The van der Waals surface area contributed by atoms with Crippen molar-refractivity contribution in [3.8, 4) is 17.0 Å². The van der Waals surface area contributed by atoms with Crippen LogP contribution in [-0.4, -0.2) is 21.9 Å². The van der Waals surface area contributed by atoms with Crippen molar-refractivity contribution < 1.29 is 9.53 Å². The third-order valence-electron chi connectivity index (χ3n) is 4.31. The van der Waals surface area contributed by atoms with Gasteiger partial charge in [0.25, 0.3) is 0 Å². The van der Waals surface area contributed by atoms with Crippen molar-refractivity contribution in [2.45, 2.75) is 25.0 Å². The Morgan fingerprint density at radius 3 is 2.92 bits per heavy atom. The van der Waals surface area contributed by atoms with Crippen LogP contribution in [0.5, 0.6) is 5.75 Å². The van der Waals surface area contributed by atoms with E-state index >= 15 is 0 Å². The number of rotatable bonds is 3. The summed E-state index contributed by atoms with van der Waals surface area (Å²) < 4.78 is 7.97. The quantitative estimate of drug-likeness (QED) is 0.708. The van der Waals surface area contributed by atoms with Crippen LogP contribution in [0.1, 0.15) is 18.2 Å². The van der Waals surface area contributed by atoms with Gasteiger partial charge >= 0.3 is 0 Å². The summed E-state index contributed by atoms with van der Waals surface area (Å²) in [4.78, 5) is 12.5. The van der Waals surface area contributed by atoms with E-state index in [0.29, 0.717) is 13.2 Å². The second-order valence-electron chi connectivity index (χ2n) is 6.20. The zero-order valence-electron chi connectivity index (χ0n) is 14.7. The maximum absolute atomic E-state index is 11.2. The molecular weight excluding hydrogens is 346 g/mol. The van der Waals surface area contributed by atoms with Crippen molar-refractivity contribution in [3.05, 3.63) is 59.8 Å². The zero-order valence-corrected chi connectivity index (χ0v) is 15.5. The molecule has 4 rings (SSSR count). The molecule has 0 bridgehead atoms. The molecule has 2 heterocycles. The minimum atomic E-state index is -0.0939. The van der Waals surface area contributed by atoms with E-state index in [1.807, 2.05) is 22.9 Å². The molecule has 132 valence electrons. The van der Waals surface area contributed by atoms with Crippen molar-refractivity contribution >= 4 is 23.4 Å². The van der Waals surface area contributed by atoms with Crippen LogP contribution in [0.4, 0.5) is 5.69 Å². The Bertz CT molecular complexity index is 981. The molecular formula is C20H19N3O2S. The van der Waals surface area contributed by atoms with Crippen molar-refractivity contribution in [1.82, 2.24) is 9.78 Å². The summed E-state index contributed by atoms with van der Waals surface area (Å²) in [5.41, 5.74) is 4.89. The summed E-state index contributed by atoms with van der Waals surface area (Å²) in [5.74, 6) is 0.691. The number of hydrogen-bond donors (Lipinski definition) is 1. The number of thioether (sulfide) groups is 1. The maximum Gasteiger partial charge on any atom is 0.221 e. The second-order valence-corrected chi connectivity index (χ2v) is 7.08. The number of aromatic nitrogens is 2. The average molecular weight is 365 g/mol. The van der Waals surface area contributed by atoms with E-state index in [4.69, 9.17) is 9.84 Å². The molecule has 1 amide bonds. The van der Waals surface area contributed by atoms with Gasteiger partial charge in [-0.15, -0.1) is 11.8 Å². The van der Waals surface area contributed by atoms with Gasteiger partial charge in [0, 0.05) is 34.7 Å². The first-order chi connectivity index (χ1) is 12.6. The third-order valence-corrected chi connectivity index (χ3v) is 5.04. The molecule has 5 nitrogen and oxygen atoms in total. The lowest BCUT2D eigenvalue weighted by molar-refractivity contribution is -0.114. The summed E-state index contributed by atoms with van der Waals surface area (Å²) >= 11 is 1.72. The van der Waals surface area contributed by atoms with E-state index in [0.717, 1.165) is 34.0 Å². The third kappa shape index (κ3) is 3.32. The van der Waals surface area contributed by atoms with Gasteiger partial charge in [-0.05, 0) is 30.5 Å². The molecule has 2 aromatic carbocycles. The van der Waals surface area contributed by atoms with Crippen LogP contribution < -0.4 is 10.1 Å².